The van der Waals surface area contributed by atoms with Crippen LogP contribution in [0.2, 0.25) is 0 Å². The molecule has 3 N–H and O–H groups in total. The Balaban J connectivity index is 1.40. The minimum atomic E-state index is -0.386. The zero-order valence-corrected chi connectivity index (χ0v) is 17.1. The van der Waals surface area contributed by atoms with Gasteiger partial charge in [-0.15, -0.1) is 11.3 Å². The van der Waals surface area contributed by atoms with Crippen LogP contribution in [0.1, 0.15) is 33.1 Å². The van der Waals surface area contributed by atoms with Gasteiger partial charge in [0.15, 0.2) is 0 Å². The van der Waals surface area contributed by atoms with Gasteiger partial charge in [-0.05, 0) is 47.5 Å². The number of halogens is 2. The lowest BCUT2D eigenvalue weighted by molar-refractivity contribution is 0.666. The minimum Gasteiger partial charge on any atom is -0.356 e. The summed E-state index contributed by atoms with van der Waals surface area (Å²) in [4.78, 5) is 9.60. The summed E-state index contributed by atoms with van der Waals surface area (Å²) >= 11 is 4.89. The topological polar surface area (TPSA) is 52.7 Å². The van der Waals surface area contributed by atoms with Crippen LogP contribution < -0.4 is 10.6 Å². The number of nitrogens with one attached hydrogen (secondary N) is 3. The number of rotatable bonds is 8. The molecule has 0 bridgehead atoms. The van der Waals surface area contributed by atoms with Crippen LogP contribution in [-0.4, -0.2) is 23.1 Å². The van der Waals surface area contributed by atoms with Crippen molar-refractivity contribution >= 4 is 45.1 Å². The van der Waals surface area contributed by atoms with Gasteiger partial charge in [0, 0.05) is 34.6 Å². The van der Waals surface area contributed by atoms with Gasteiger partial charge in [-0.25, -0.2) is 9.37 Å². The van der Waals surface area contributed by atoms with E-state index in [0.717, 1.165) is 64.7 Å². The number of aromatic amines is 1. The van der Waals surface area contributed by atoms with Crippen molar-refractivity contribution < 1.29 is 4.39 Å². The Bertz CT molecular complexity index is 850. The van der Waals surface area contributed by atoms with Crippen LogP contribution in [0.4, 0.5) is 10.3 Å². The van der Waals surface area contributed by atoms with Crippen molar-refractivity contribution in [2.75, 3.05) is 18.4 Å². The molecular weight excluding hydrogens is 415 g/mol. The number of thiophene rings is 1. The highest BCUT2D eigenvalue weighted by Gasteiger charge is 2.14. The molecule has 1 aliphatic carbocycles. The number of hydrogen-bond donors (Lipinski definition) is 3. The first-order valence-corrected chi connectivity index (χ1v) is 10.2. The molecule has 1 aliphatic rings. The first kappa shape index (κ1) is 19.1. The zero-order valence-electron chi connectivity index (χ0n) is 14.7. The summed E-state index contributed by atoms with van der Waals surface area (Å²) in [5, 5.41) is 6.74. The Kier molecular flexibility index (Phi) is 6.45. The SMILES string of the molecule is C=C(F)c1sc(CNCCCNc2nc3c([nH]2)CC=CC=C3)c(C)c1Br. The molecule has 0 radical (unpaired) electrons. The van der Waals surface area contributed by atoms with E-state index in [9.17, 15) is 4.39 Å². The molecule has 2 aromatic heterocycles. The number of anilines is 1. The van der Waals surface area contributed by atoms with Crippen LogP contribution in [0.3, 0.4) is 0 Å². The van der Waals surface area contributed by atoms with Gasteiger partial charge < -0.3 is 15.6 Å². The van der Waals surface area contributed by atoms with E-state index in [0.29, 0.717) is 4.88 Å². The summed E-state index contributed by atoms with van der Waals surface area (Å²) in [5.41, 5.74) is 3.22. The van der Waals surface area contributed by atoms with Crippen molar-refractivity contribution in [3.63, 3.8) is 0 Å². The number of aromatic nitrogens is 2. The van der Waals surface area contributed by atoms with E-state index in [1.165, 1.54) is 11.3 Å². The molecule has 2 aromatic rings. The normalized spacial score (nSPS) is 12.9. The van der Waals surface area contributed by atoms with Crippen LogP contribution >= 0.6 is 27.3 Å². The maximum Gasteiger partial charge on any atom is 0.200 e. The fraction of sp³-hybridized carbons (Fsp3) is 0.316. The third kappa shape index (κ3) is 4.52. The lowest BCUT2D eigenvalue weighted by atomic mass is 10.2. The molecule has 0 saturated carbocycles. The predicted molar refractivity (Wildman–Crippen MR) is 112 cm³/mol. The van der Waals surface area contributed by atoms with Gasteiger partial charge >= 0.3 is 0 Å². The molecule has 0 unspecified atom stereocenters. The summed E-state index contributed by atoms with van der Waals surface area (Å²) in [6, 6.07) is 0. The van der Waals surface area contributed by atoms with Gasteiger partial charge in [-0.3, -0.25) is 0 Å². The molecule has 0 atom stereocenters. The van der Waals surface area contributed by atoms with E-state index in [-0.39, 0.29) is 5.83 Å². The van der Waals surface area contributed by atoms with Gasteiger partial charge in [-0.2, -0.15) is 0 Å². The Morgan fingerprint density at radius 1 is 1.42 bits per heavy atom. The molecule has 0 aromatic carbocycles. The minimum absolute atomic E-state index is 0.386. The molecule has 0 saturated heterocycles. The number of nitrogens with zero attached hydrogens (tertiary/aromatic N) is 1. The number of H-pyrrole nitrogens is 1. The molecule has 4 nitrogen and oxygen atoms in total. The van der Waals surface area contributed by atoms with Crippen molar-refractivity contribution in [2.45, 2.75) is 26.3 Å². The molecular formula is C19H22BrFN4S. The average Bonchev–Trinajstić information content (AvgIpc) is 3.04. The van der Waals surface area contributed by atoms with E-state index in [4.69, 9.17) is 0 Å². The van der Waals surface area contributed by atoms with E-state index in [2.05, 4.69) is 49.2 Å². The first-order valence-electron chi connectivity index (χ1n) is 8.55. The van der Waals surface area contributed by atoms with Crippen molar-refractivity contribution in [3.8, 4) is 0 Å². The Hall–Kier alpha value is -1.70. The summed E-state index contributed by atoms with van der Waals surface area (Å²) in [7, 11) is 0. The highest BCUT2D eigenvalue weighted by atomic mass is 79.9. The highest BCUT2D eigenvalue weighted by Crippen LogP contribution is 2.37. The number of allylic oxidation sites excluding steroid dienone is 3. The molecule has 0 amide bonds. The van der Waals surface area contributed by atoms with Crippen molar-refractivity contribution in [1.29, 1.82) is 0 Å². The average molecular weight is 437 g/mol. The van der Waals surface area contributed by atoms with Gasteiger partial charge in [-0.1, -0.05) is 24.8 Å². The van der Waals surface area contributed by atoms with E-state index in [1.807, 2.05) is 25.2 Å². The largest absolute Gasteiger partial charge is 0.356 e. The van der Waals surface area contributed by atoms with Gasteiger partial charge in [0.25, 0.3) is 0 Å². The summed E-state index contributed by atoms with van der Waals surface area (Å²) in [6.45, 7) is 7.82. The van der Waals surface area contributed by atoms with Crippen LogP contribution in [0, 0.1) is 6.92 Å². The third-order valence-corrected chi connectivity index (χ3v) is 6.74. The zero-order chi connectivity index (χ0) is 18.5. The van der Waals surface area contributed by atoms with E-state index < -0.39 is 0 Å². The van der Waals surface area contributed by atoms with Gasteiger partial charge in [0.2, 0.25) is 5.95 Å². The molecule has 0 aliphatic heterocycles. The standard InChI is InChI=1S/C19H22BrFN4S/c1-12-16(26-18(13(2)21)17(12)20)11-22-9-6-10-23-19-24-14-7-4-3-5-8-15(14)25-19/h3-5,7,22H,2,6,8-11H2,1H3,(H2,23,24,25). The molecule has 0 fully saturated rings. The van der Waals surface area contributed by atoms with E-state index >= 15 is 0 Å². The number of hydrogen-bond acceptors (Lipinski definition) is 4. The summed E-state index contributed by atoms with van der Waals surface area (Å²) < 4.78 is 14.2. The Labute approximate surface area is 165 Å². The second-order valence-electron chi connectivity index (χ2n) is 6.10. The molecule has 0 spiro atoms. The van der Waals surface area contributed by atoms with Crippen LogP contribution in [0.15, 0.2) is 29.3 Å². The Morgan fingerprint density at radius 2 is 2.27 bits per heavy atom. The maximum atomic E-state index is 13.4. The molecule has 138 valence electrons. The fourth-order valence-electron chi connectivity index (χ4n) is 2.71. The monoisotopic (exact) mass is 436 g/mol. The molecule has 7 heteroatoms. The maximum absolute atomic E-state index is 13.4. The quantitative estimate of drug-likeness (QED) is 0.498. The van der Waals surface area contributed by atoms with Gasteiger partial charge in [0.05, 0.1) is 10.6 Å². The second kappa shape index (κ2) is 8.79. The summed E-state index contributed by atoms with van der Waals surface area (Å²) in [6.07, 6.45) is 10.0. The van der Waals surface area contributed by atoms with Crippen LogP contribution in [0.5, 0.6) is 0 Å². The van der Waals surface area contributed by atoms with Crippen LogP contribution in [0.25, 0.3) is 11.9 Å². The predicted octanol–water partition coefficient (Wildman–Crippen LogP) is 5.20. The highest BCUT2D eigenvalue weighted by molar-refractivity contribution is 9.10. The Morgan fingerprint density at radius 3 is 3.04 bits per heavy atom. The van der Waals surface area contributed by atoms with Crippen molar-refractivity contribution in [3.05, 3.63) is 56.0 Å². The van der Waals surface area contributed by atoms with Crippen molar-refractivity contribution in [1.82, 2.24) is 15.3 Å². The van der Waals surface area contributed by atoms with Crippen molar-refractivity contribution in [2.24, 2.45) is 0 Å². The molecule has 2 heterocycles. The molecule has 3 rings (SSSR count). The lowest BCUT2D eigenvalue weighted by Gasteiger charge is -2.05. The third-order valence-electron chi connectivity index (χ3n) is 4.16. The molecule has 26 heavy (non-hydrogen) atoms. The summed E-state index contributed by atoms with van der Waals surface area (Å²) in [5.74, 6) is 0.432. The fourth-order valence-corrected chi connectivity index (χ4v) is 4.57. The van der Waals surface area contributed by atoms with Crippen LogP contribution in [-0.2, 0) is 13.0 Å². The van der Waals surface area contributed by atoms with E-state index in [1.54, 1.807) is 0 Å². The van der Waals surface area contributed by atoms with Gasteiger partial charge in [0.1, 0.15) is 5.83 Å². The second-order valence-corrected chi connectivity index (χ2v) is 7.99. The number of imidazole rings is 1. The lowest BCUT2D eigenvalue weighted by Crippen LogP contribution is -2.17. The first-order chi connectivity index (χ1) is 12.6. The smallest absolute Gasteiger partial charge is 0.200 e. The number of fused-ring (bicyclic) bond motifs is 1.